The van der Waals surface area contributed by atoms with E-state index in [-0.39, 0.29) is 17.8 Å². The van der Waals surface area contributed by atoms with E-state index in [0.29, 0.717) is 17.0 Å². The molecule has 27 heavy (non-hydrogen) atoms. The number of thioether (sulfide) groups is 1. The Hall–Kier alpha value is -2.22. The van der Waals surface area contributed by atoms with Gasteiger partial charge in [-0.1, -0.05) is 30.7 Å². The Labute approximate surface area is 164 Å². The van der Waals surface area contributed by atoms with Crippen molar-refractivity contribution >= 4 is 17.7 Å². The number of benzene rings is 1. The highest BCUT2D eigenvalue weighted by Gasteiger charge is 2.23. The standard InChI is InChI=1S/C19H27N5O2S/c1-12-8-13(2)10-16(9-12)26-11-17-22-23-19(24(17)20)27-14(3)18(25)21-15-6-4-5-7-15/h8-10,14-15H,4-7,11,20H2,1-3H3,(H,21,25). The van der Waals surface area contributed by atoms with Crippen LogP contribution in [-0.4, -0.2) is 32.1 Å². The van der Waals surface area contributed by atoms with Gasteiger partial charge in [0.2, 0.25) is 11.1 Å². The fraction of sp³-hybridized carbons (Fsp3) is 0.526. The molecule has 0 bridgehead atoms. The predicted molar refractivity (Wildman–Crippen MR) is 106 cm³/mol. The molecule has 3 rings (SSSR count). The van der Waals surface area contributed by atoms with Crippen molar-refractivity contribution in [1.29, 1.82) is 0 Å². The predicted octanol–water partition coefficient (Wildman–Crippen LogP) is 2.73. The summed E-state index contributed by atoms with van der Waals surface area (Å²) in [6.45, 7) is 6.13. The van der Waals surface area contributed by atoms with Crippen LogP contribution in [0.4, 0.5) is 0 Å². The fourth-order valence-corrected chi connectivity index (χ4v) is 4.05. The van der Waals surface area contributed by atoms with Gasteiger partial charge in [0.05, 0.1) is 5.25 Å². The van der Waals surface area contributed by atoms with Gasteiger partial charge in [-0.05, 0) is 56.9 Å². The van der Waals surface area contributed by atoms with Crippen LogP contribution in [0.1, 0.15) is 49.6 Å². The second-order valence-corrected chi connectivity index (χ2v) is 8.44. The fourth-order valence-electron chi connectivity index (χ4n) is 3.25. The van der Waals surface area contributed by atoms with Crippen molar-refractivity contribution in [2.45, 2.75) is 69.5 Å². The lowest BCUT2D eigenvalue weighted by molar-refractivity contribution is -0.120. The van der Waals surface area contributed by atoms with Crippen LogP contribution in [0.3, 0.4) is 0 Å². The summed E-state index contributed by atoms with van der Waals surface area (Å²) < 4.78 is 7.19. The van der Waals surface area contributed by atoms with Gasteiger partial charge in [0.1, 0.15) is 12.4 Å². The van der Waals surface area contributed by atoms with E-state index in [4.69, 9.17) is 10.6 Å². The zero-order valence-electron chi connectivity index (χ0n) is 16.1. The maximum atomic E-state index is 12.3. The topological polar surface area (TPSA) is 95.1 Å². The van der Waals surface area contributed by atoms with Crippen LogP contribution in [-0.2, 0) is 11.4 Å². The minimum atomic E-state index is -0.287. The molecule has 8 heteroatoms. The molecule has 1 fully saturated rings. The lowest BCUT2D eigenvalue weighted by atomic mass is 10.1. The van der Waals surface area contributed by atoms with Crippen LogP contribution in [0.25, 0.3) is 0 Å². The van der Waals surface area contributed by atoms with Gasteiger partial charge in [-0.25, -0.2) is 4.68 Å². The number of aryl methyl sites for hydroxylation is 2. The molecule has 0 radical (unpaired) electrons. The number of nitrogen functional groups attached to an aromatic ring is 1. The monoisotopic (exact) mass is 389 g/mol. The minimum Gasteiger partial charge on any atom is -0.486 e. The number of nitrogens with two attached hydrogens (primary N) is 1. The number of carbonyl (C=O) groups excluding carboxylic acids is 1. The van der Waals surface area contributed by atoms with Crippen LogP contribution >= 0.6 is 11.8 Å². The summed E-state index contributed by atoms with van der Waals surface area (Å²) in [5.74, 6) is 7.40. The van der Waals surface area contributed by atoms with Crippen LogP contribution in [0, 0.1) is 13.8 Å². The Morgan fingerprint density at radius 3 is 2.63 bits per heavy atom. The van der Waals surface area contributed by atoms with Crippen molar-refractivity contribution in [1.82, 2.24) is 20.2 Å². The highest BCUT2D eigenvalue weighted by atomic mass is 32.2. The number of amides is 1. The Morgan fingerprint density at radius 1 is 1.30 bits per heavy atom. The maximum absolute atomic E-state index is 12.3. The third-order valence-corrected chi connectivity index (χ3v) is 5.71. The number of hydrogen-bond acceptors (Lipinski definition) is 6. The summed E-state index contributed by atoms with van der Waals surface area (Å²) in [5, 5.41) is 11.5. The summed E-state index contributed by atoms with van der Waals surface area (Å²) in [6.07, 6.45) is 4.51. The first kappa shape index (κ1) is 19.5. The molecule has 0 aliphatic heterocycles. The number of nitrogens with one attached hydrogen (secondary N) is 1. The molecular weight excluding hydrogens is 362 g/mol. The van der Waals surface area contributed by atoms with Gasteiger partial charge in [0.25, 0.3) is 0 Å². The van der Waals surface area contributed by atoms with Gasteiger partial charge in [0.15, 0.2) is 5.82 Å². The van der Waals surface area contributed by atoms with Gasteiger partial charge >= 0.3 is 0 Å². The Bertz CT molecular complexity index is 781. The van der Waals surface area contributed by atoms with E-state index < -0.39 is 0 Å². The minimum absolute atomic E-state index is 0.0166. The van der Waals surface area contributed by atoms with Crippen LogP contribution in [0.2, 0.25) is 0 Å². The number of rotatable bonds is 7. The van der Waals surface area contributed by atoms with Gasteiger partial charge in [-0.3, -0.25) is 4.79 Å². The summed E-state index contributed by atoms with van der Waals surface area (Å²) in [7, 11) is 0. The first-order valence-corrected chi connectivity index (χ1v) is 10.2. The number of hydrogen-bond donors (Lipinski definition) is 2. The summed E-state index contributed by atoms with van der Waals surface area (Å²) >= 11 is 1.31. The van der Waals surface area contributed by atoms with E-state index >= 15 is 0 Å². The van der Waals surface area contributed by atoms with Gasteiger partial charge in [-0.2, -0.15) is 0 Å². The van der Waals surface area contributed by atoms with E-state index in [1.165, 1.54) is 29.3 Å². The lowest BCUT2D eigenvalue weighted by Gasteiger charge is -2.15. The SMILES string of the molecule is Cc1cc(C)cc(OCc2nnc(SC(C)C(=O)NC3CCCC3)n2N)c1. The van der Waals surface area contributed by atoms with Crippen molar-refractivity contribution in [2.24, 2.45) is 0 Å². The molecule has 1 aliphatic rings. The Balaban J connectivity index is 1.56. The van der Waals surface area contributed by atoms with E-state index in [1.807, 2.05) is 32.9 Å². The molecule has 1 unspecified atom stereocenters. The molecule has 0 spiro atoms. The maximum Gasteiger partial charge on any atom is 0.233 e. The molecule has 1 heterocycles. The third kappa shape index (κ3) is 5.15. The number of carbonyl (C=O) groups is 1. The molecule has 2 aromatic rings. The summed E-state index contributed by atoms with van der Waals surface area (Å²) in [6, 6.07) is 6.33. The van der Waals surface area contributed by atoms with Gasteiger partial charge in [-0.15, -0.1) is 10.2 Å². The first-order chi connectivity index (χ1) is 12.9. The molecule has 1 aliphatic carbocycles. The highest BCUT2D eigenvalue weighted by molar-refractivity contribution is 8.00. The van der Waals surface area contributed by atoms with Crippen molar-refractivity contribution in [2.75, 3.05) is 5.84 Å². The van der Waals surface area contributed by atoms with E-state index in [0.717, 1.165) is 29.7 Å². The van der Waals surface area contributed by atoms with Crippen LogP contribution in [0.15, 0.2) is 23.4 Å². The zero-order valence-corrected chi connectivity index (χ0v) is 16.9. The average molecular weight is 390 g/mol. The molecule has 7 nitrogen and oxygen atoms in total. The van der Waals surface area contributed by atoms with Crippen molar-refractivity contribution in [3.63, 3.8) is 0 Å². The second kappa shape index (κ2) is 8.65. The molecule has 1 atom stereocenters. The van der Waals surface area contributed by atoms with Gasteiger partial charge < -0.3 is 15.9 Å². The van der Waals surface area contributed by atoms with E-state index in [2.05, 4.69) is 21.6 Å². The Morgan fingerprint density at radius 2 is 1.96 bits per heavy atom. The molecule has 1 saturated carbocycles. The Kier molecular flexibility index (Phi) is 6.26. The van der Waals surface area contributed by atoms with Crippen LogP contribution in [0.5, 0.6) is 5.75 Å². The largest absolute Gasteiger partial charge is 0.486 e. The zero-order chi connectivity index (χ0) is 19.4. The van der Waals surface area contributed by atoms with E-state index in [9.17, 15) is 4.79 Å². The molecule has 1 aromatic carbocycles. The summed E-state index contributed by atoms with van der Waals surface area (Å²) in [5.41, 5.74) is 2.27. The van der Waals surface area contributed by atoms with Crippen molar-refractivity contribution in [3.8, 4) is 5.75 Å². The normalized spacial score (nSPS) is 15.7. The highest BCUT2D eigenvalue weighted by Crippen LogP contribution is 2.23. The first-order valence-electron chi connectivity index (χ1n) is 9.30. The average Bonchev–Trinajstić information content (AvgIpc) is 3.23. The molecule has 3 N–H and O–H groups in total. The molecule has 1 aromatic heterocycles. The number of nitrogens with zero attached hydrogens (tertiary/aromatic N) is 3. The quantitative estimate of drug-likeness (QED) is 0.558. The molecule has 0 saturated heterocycles. The smallest absolute Gasteiger partial charge is 0.233 e. The van der Waals surface area contributed by atoms with E-state index in [1.54, 1.807) is 0 Å². The third-order valence-electron chi connectivity index (χ3n) is 4.65. The van der Waals surface area contributed by atoms with Crippen LogP contribution < -0.4 is 15.9 Å². The molecule has 146 valence electrons. The number of aromatic nitrogens is 3. The van der Waals surface area contributed by atoms with Crippen molar-refractivity contribution in [3.05, 3.63) is 35.2 Å². The lowest BCUT2D eigenvalue weighted by Crippen LogP contribution is -2.37. The van der Waals surface area contributed by atoms with Crippen molar-refractivity contribution < 1.29 is 9.53 Å². The molecular formula is C19H27N5O2S. The van der Waals surface area contributed by atoms with Gasteiger partial charge in [0, 0.05) is 6.04 Å². The summed E-state index contributed by atoms with van der Waals surface area (Å²) in [4.78, 5) is 12.3. The number of ether oxygens (including phenoxy) is 1. The molecule has 1 amide bonds. The second-order valence-electron chi connectivity index (χ2n) is 7.13.